The minimum Gasteiger partial charge on any atom is -0.375 e. The van der Waals surface area contributed by atoms with Crippen LogP contribution in [0.15, 0.2) is 42.6 Å². The molecule has 6 rings (SSSR count). The number of carbonyl (C=O) groups excluding carboxylic acids is 1. The van der Waals surface area contributed by atoms with Crippen LogP contribution in [0.5, 0.6) is 0 Å². The van der Waals surface area contributed by atoms with Crippen molar-refractivity contribution in [3.8, 4) is 0 Å². The Morgan fingerprint density at radius 1 is 1.12 bits per heavy atom. The lowest BCUT2D eigenvalue weighted by Crippen LogP contribution is -2.47. The second kappa shape index (κ2) is 7.96. The van der Waals surface area contributed by atoms with Gasteiger partial charge in [-0.25, -0.2) is 0 Å². The Labute approximate surface area is 190 Å². The lowest BCUT2D eigenvalue weighted by atomic mass is 9.68. The molecule has 2 aromatic rings. The van der Waals surface area contributed by atoms with Gasteiger partial charge in [-0.05, 0) is 74.4 Å². The molecule has 5 heteroatoms. The molecule has 5 nitrogen and oxygen atoms in total. The molecular weight excluding hydrogens is 398 g/mol. The van der Waals surface area contributed by atoms with Crippen molar-refractivity contribution in [3.05, 3.63) is 65.0 Å². The van der Waals surface area contributed by atoms with E-state index in [1.165, 1.54) is 42.5 Å². The summed E-state index contributed by atoms with van der Waals surface area (Å²) < 4.78 is 6.40. The lowest BCUT2D eigenvalue weighted by Gasteiger charge is -2.46. The number of rotatable bonds is 5. The van der Waals surface area contributed by atoms with Crippen molar-refractivity contribution in [2.24, 2.45) is 0 Å². The largest absolute Gasteiger partial charge is 0.375 e. The van der Waals surface area contributed by atoms with E-state index >= 15 is 0 Å². The monoisotopic (exact) mass is 431 g/mol. The predicted molar refractivity (Wildman–Crippen MR) is 124 cm³/mol. The topological polar surface area (TPSA) is 63.2 Å². The van der Waals surface area contributed by atoms with Gasteiger partial charge in [0.2, 0.25) is 0 Å². The van der Waals surface area contributed by atoms with Gasteiger partial charge in [-0.3, -0.25) is 9.78 Å². The molecule has 1 aromatic heterocycles. The molecule has 2 aliphatic heterocycles. The molecule has 4 aliphatic rings. The van der Waals surface area contributed by atoms with Crippen LogP contribution in [0.1, 0.15) is 90.5 Å². The average molecular weight is 432 g/mol. The summed E-state index contributed by atoms with van der Waals surface area (Å²) in [6, 6.07) is 12.9. The van der Waals surface area contributed by atoms with Gasteiger partial charge in [0.25, 0.3) is 5.91 Å². The van der Waals surface area contributed by atoms with Gasteiger partial charge in [0, 0.05) is 48.0 Å². The molecule has 1 spiro atoms. The first-order valence-corrected chi connectivity index (χ1v) is 12.4. The van der Waals surface area contributed by atoms with E-state index in [4.69, 9.17) is 9.72 Å². The summed E-state index contributed by atoms with van der Waals surface area (Å²) in [5.74, 6) is 0.517. The van der Waals surface area contributed by atoms with Crippen molar-refractivity contribution in [2.75, 3.05) is 19.7 Å². The molecule has 2 fully saturated rings. The summed E-state index contributed by atoms with van der Waals surface area (Å²) in [5, 5.41) is 6.95. The number of amides is 1. The third kappa shape index (κ3) is 3.37. The standard InChI is InChI=1S/C27H33N3O2/c31-25-21-7-5-6-20-22(16-19(17-30-25)24(20)21)28-14-11-26(23-8-1-4-13-29-23)12-15-32-27(18-26)9-2-3-10-27/h1,4-8,13,19,22,28H,2-3,9-12,14-18H2,(H,30,31)/t19?,22?,26-/m1/s1. The van der Waals surface area contributed by atoms with Crippen molar-refractivity contribution in [1.82, 2.24) is 15.6 Å². The van der Waals surface area contributed by atoms with Gasteiger partial charge in [0.15, 0.2) is 0 Å². The van der Waals surface area contributed by atoms with Crippen molar-refractivity contribution < 1.29 is 9.53 Å². The minimum atomic E-state index is 0.0561. The quantitative estimate of drug-likeness (QED) is 0.737. The van der Waals surface area contributed by atoms with E-state index in [1.807, 2.05) is 24.4 Å². The zero-order chi connectivity index (χ0) is 21.6. The SMILES string of the molecule is O=C1NCC2CC(NCC[C@@]3(c4ccccn4)CCOC4(CCCC4)C3)c3cccc1c32. The van der Waals surface area contributed by atoms with Crippen LogP contribution in [-0.4, -0.2) is 36.2 Å². The highest BCUT2D eigenvalue weighted by Crippen LogP contribution is 2.50. The Balaban J connectivity index is 1.22. The smallest absolute Gasteiger partial charge is 0.251 e. The molecule has 168 valence electrons. The highest BCUT2D eigenvalue weighted by molar-refractivity contribution is 5.97. The average Bonchev–Trinajstić information content (AvgIpc) is 3.42. The van der Waals surface area contributed by atoms with Gasteiger partial charge in [-0.2, -0.15) is 0 Å². The van der Waals surface area contributed by atoms with Crippen molar-refractivity contribution in [1.29, 1.82) is 0 Å². The number of benzene rings is 1. The first kappa shape index (κ1) is 20.4. The second-order valence-electron chi connectivity index (χ2n) is 10.4. The maximum absolute atomic E-state index is 12.3. The highest BCUT2D eigenvalue weighted by atomic mass is 16.5. The van der Waals surface area contributed by atoms with Crippen LogP contribution in [0.4, 0.5) is 0 Å². The number of hydrogen-bond donors (Lipinski definition) is 2. The molecule has 1 amide bonds. The van der Waals surface area contributed by atoms with Gasteiger partial charge in [0.05, 0.1) is 5.60 Å². The molecule has 3 heterocycles. The van der Waals surface area contributed by atoms with Crippen LogP contribution >= 0.6 is 0 Å². The van der Waals surface area contributed by atoms with Gasteiger partial charge < -0.3 is 15.4 Å². The maximum Gasteiger partial charge on any atom is 0.251 e. The van der Waals surface area contributed by atoms with Gasteiger partial charge in [0.1, 0.15) is 0 Å². The van der Waals surface area contributed by atoms with Gasteiger partial charge in [-0.15, -0.1) is 0 Å². The Morgan fingerprint density at radius 3 is 2.88 bits per heavy atom. The van der Waals surface area contributed by atoms with Crippen LogP contribution < -0.4 is 10.6 Å². The Hall–Kier alpha value is -2.24. The number of nitrogens with one attached hydrogen (secondary N) is 2. The molecule has 0 bridgehead atoms. The fourth-order valence-electron chi connectivity index (χ4n) is 7.04. The second-order valence-corrected chi connectivity index (χ2v) is 10.4. The Morgan fingerprint density at radius 2 is 2.03 bits per heavy atom. The zero-order valence-corrected chi connectivity index (χ0v) is 18.7. The van der Waals surface area contributed by atoms with Crippen LogP contribution in [0.2, 0.25) is 0 Å². The van der Waals surface area contributed by atoms with Crippen molar-refractivity contribution in [2.45, 2.75) is 74.3 Å². The van der Waals surface area contributed by atoms with Gasteiger partial charge >= 0.3 is 0 Å². The summed E-state index contributed by atoms with van der Waals surface area (Å²) in [6.07, 6.45) is 11.2. The van der Waals surface area contributed by atoms with E-state index in [-0.39, 0.29) is 16.9 Å². The van der Waals surface area contributed by atoms with E-state index in [9.17, 15) is 4.79 Å². The van der Waals surface area contributed by atoms with E-state index in [2.05, 4.69) is 28.8 Å². The number of aromatic nitrogens is 1. The number of pyridine rings is 1. The molecule has 0 radical (unpaired) electrons. The Kier molecular flexibility index (Phi) is 5.07. The minimum absolute atomic E-state index is 0.0561. The van der Waals surface area contributed by atoms with Gasteiger partial charge in [-0.1, -0.05) is 31.0 Å². The van der Waals surface area contributed by atoms with E-state index in [1.54, 1.807) is 0 Å². The maximum atomic E-state index is 12.3. The number of nitrogens with zero attached hydrogens (tertiary/aromatic N) is 1. The molecule has 1 saturated heterocycles. The van der Waals surface area contributed by atoms with Crippen molar-refractivity contribution >= 4 is 5.91 Å². The third-order valence-electron chi connectivity index (χ3n) is 8.56. The fraction of sp³-hybridized carbons (Fsp3) is 0.556. The first-order chi connectivity index (χ1) is 15.7. The molecule has 1 saturated carbocycles. The van der Waals surface area contributed by atoms with Crippen LogP contribution in [0.25, 0.3) is 0 Å². The molecule has 32 heavy (non-hydrogen) atoms. The summed E-state index contributed by atoms with van der Waals surface area (Å²) in [7, 11) is 0. The predicted octanol–water partition coefficient (Wildman–Crippen LogP) is 4.39. The molecular formula is C27H33N3O2. The first-order valence-electron chi connectivity index (χ1n) is 12.4. The van der Waals surface area contributed by atoms with E-state index in [0.717, 1.165) is 50.9 Å². The molecule has 1 aromatic carbocycles. The molecule has 2 N–H and O–H groups in total. The molecule has 2 aliphatic carbocycles. The highest BCUT2D eigenvalue weighted by Gasteiger charge is 2.48. The zero-order valence-electron chi connectivity index (χ0n) is 18.7. The van der Waals surface area contributed by atoms with Crippen LogP contribution in [-0.2, 0) is 10.2 Å². The van der Waals surface area contributed by atoms with Crippen LogP contribution in [0.3, 0.4) is 0 Å². The summed E-state index contributed by atoms with van der Waals surface area (Å²) in [4.78, 5) is 17.1. The lowest BCUT2D eigenvalue weighted by molar-refractivity contribution is -0.104. The van der Waals surface area contributed by atoms with E-state index in [0.29, 0.717) is 12.0 Å². The number of carbonyl (C=O) groups is 1. The molecule has 3 atom stereocenters. The molecule has 2 unspecified atom stereocenters. The number of hydrogen-bond acceptors (Lipinski definition) is 4. The summed E-state index contributed by atoms with van der Waals surface area (Å²) in [5.41, 5.74) is 4.85. The number of ether oxygens (including phenoxy) is 1. The summed E-state index contributed by atoms with van der Waals surface area (Å²) >= 11 is 0. The van der Waals surface area contributed by atoms with Crippen LogP contribution in [0, 0.1) is 0 Å². The third-order valence-corrected chi connectivity index (χ3v) is 8.56. The fourth-order valence-corrected chi connectivity index (χ4v) is 7.04. The van der Waals surface area contributed by atoms with E-state index < -0.39 is 0 Å². The Bertz CT molecular complexity index is 1000. The normalized spacial score (nSPS) is 30.3. The summed E-state index contributed by atoms with van der Waals surface area (Å²) in [6.45, 7) is 2.55. The van der Waals surface area contributed by atoms with Crippen molar-refractivity contribution in [3.63, 3.8) is 0 Å².